The summed E-state index contributed by atoms with van der Waals surface area (Å²) < 4.78 is 10.4. The highest BCUT2D eigenvalue weighted by Crippen LogP contribution is 2.27. The summed E-state index contributed by atoms with van der Waals surface area (Å²) in [5, 5.41) is 25.1. The van der Waals surface area contributed by atoms with Gasteiger partial charge < -0.3 is 25.4 Å². The van der Waals surface area contributed by atoms with E-state index in [1.165, 1.54) is 37.1 Å². The molecule has 0 spiro atoms. The number of rotatable bonds is 6. The van der Waals surface area contributed by atoms with Crippen molar-refractivity contribution in [3.05, 3.63) is 23.8 Å². The minimum atomic E-state index is -1.74. The summed E-state index contributed by atoms with van der Waals surface area (Å²) in [6, 6.07) is 4.25. The largest absolute Gasteiger partial charge is 0.493 e. The average molecular weight is 365 g/mol. The molecule has 2 atom stereocenters. The van der Waals surface area contributed by atoms with Crippen LogP contribution in [0.2, 0.25) is 0 Å². The zero-order chi connectivity index (χ0) is 19.5. The average Bonchev–Trinajstić information content (AvgIpc) is 2.59. The van der Waals surface area contributed by atoms with Crippen molar-refractivity contribution in [1.82, 2.24) is 9.91 Å². The SMILES string of the molecule is COc1ccc(/C=N/N2CN(C(C)C(=O)O)C(C)(O)N=C2N)cc1OC. The lowest BCUT2D eigenvalue weighted by Crippen LogP contribution is -2.61. The third-order valence-electron chi connectivity index (χ3n) is 4.00. The van der Waals surface area contributed by atoms with E-state index in [1.807, 2.05) is 0 Å². The van der Waals surface area contributed by atoms with E-state index in [2.05, 4.69) is 10.1 Å². The Labute approximate surface area is 151 Å². The quantitative estimate of drug-likeness (QED) is 0.603. The lowest BCUT2D eigenvalue weighted by atomic mass is 10.2. The van der Waals surface area contributed by atoms with Gasteiger partial charge in [0.25, 0.3) is 0 Å². The van der Waals surface area contributed by atoms with Crippen LogP contribution in [0.1, 0.15) is 19.4 Å². The van der Waals surface area contributed by atoms with Crippen molar-refractivity contribution >= 4 is 18.1 Å². The van der Waals surface area contributed by atoms with Gasteiger partial charge in [-0.1, -0.05) is 0 Å². The van der Waals surface area contributed by atoms with Gasteiger partial charge in [-0.2, -0.15) is 5.10 Å². The van der Waals surface area contributed by atoms with E-state index in [0.29, 0.717) is 17.1 Å². The minimum Gasteiger partial charge on any atom is -0.493 e. The number of hydrazone groups is 1. The van der Waals surface area contributed by atoms with E-state index < -0.39 is 17.9 Å². The van der Waals surface area contributed by atoms with Crippen LogP contribution in [0.25, 0.3) is 0 Å². The fraction of sp³-hybridized carbons (Fsp3) is 0.438. The Morgan fingerprint density at radius 1 is 1.42 bits per heavy atom. The Morgan fingerprint density at radius 3 is 2.65 bits per heavy atom. The van der Waals surface area contributed by atoms with Gasteiger partial charge >= 0.3 is 5.97 Å². The number of hydrogen-bond donors (Lipinski definition) is 3. The molecule has 1 aromatic carbocycles. The Kier molecular flexibility index (Phi) is 5.68. The molecule has 26 heavy (non-hydrogen) atoms. The zero-order valence-electron chi connectivity index (χ0n) is 15.1. The van der Waals surface area contributed by atoms with Crippen LogP contribution in [0.4, 0.5) is 0 Å². The maximum atomic E-state index is 11.3. The molecule has 0 bridgehead atoms. The number of nitrogens with two attached hydrogens (primary N) is 1. The number of ether oxygens (including phenoxy) is 2. The van der Waals surface area contributed by atoms with Crippen molar-refractivity contribution in [3.8, 4) is 11.5 Å². The normalized spacial score (nSPS) is 22.2. The molecule has 0 radical (unpaired) electrons. The number of guanidine groups is 1. The number of hydrogen-bond acceptors (Lipinski definition) is 9. The van der Waals surface area contributed by atoms with Gasteiger partial charge in [-0.05, 0) is 30.7 Å². The lowest BCUT2D eigenvalue weighted by molar-refractivity contribution is -0.165. The molecule has 1 aliphatic rings. The highest BCUT2D eigenvalue weighted by molar-refractivity contribution is 5.84. The predicted molar refractivity (Wildman–Crippen MR) is 95.0 cm³/mol. The first-order chi connectivity index (χ1) is 12.2. The molecule has 2 rings (SSSR count). The Balaban J connectivity index is 2.25. The fourth-order valence-corrected chi connectivity index (χ4v) is 2.48. The molecule has 0 aromatic heterocycles. The number of benzene rings is 1. The van der Waals surface area contributed by atoms with E-state index >= 15 is 0 Å². The molecule has 1 heterocycles. The van der Waals surface area contributed by atoms with Crippen molar-refractivity contribution in [2.75, 3.05) is 20.9 Å². The third-order valence-corrected chi connectivity index (χ3v) is 4.00. The highest BCUT2D eigenvalue weighted by atomic mass is 16.5. The fourth-order valence-electron chi connectivity index (χ4n) is 2.48. The Hall–Kier alpha value is -2.85. The maximum absolute atomic E-state index is 11.3. The molecule has 142 valence electrons. The molecule has 10 nitrogen and oxygen atoms in total. The van der Waals surface area contributed by atoms with Gasteiger partial charge in [0.05, 0.1) is 20.4 Å². The monoisotopic (exact) mass is 365 g/mol. The zero-order valence-corrected chi connectivity index (χ0v) is 15.1. The molecule has 0 fully saturated rings. The summed E-state index contributed by atoms with van der Waals surface area (Å²) in [4.78, 5) is 16.5. The molecule has 0 saturated carbocycles. The van der Waals surface area contributed by atoms with Crippen molar-refractivity contribution in [2.45, 2.75) is 25.7 Å². The molecule has 4 N–H and O–H groups in total. The van der Waals surface area contributed by atoms with E-state index in [0.717, 1.165) is 0 Å². The Morgan fingerprint density at radius 2 is 2.08 bits per heavy atom. The minimum absolute atomic E-state index is 0.0273. The molecular formula is C16H23N5O5. The van der Waals surface area contributed by atoms with Gasteiger partial charge in [0.15, 0.2) is 11.5 Å². The van der Waals surface area contributed by atoms with E-state index in [9.17, 15) is 15.0 Å². The van der Waals surface area contributed by atoms with Gasteiger partial charge in [-0.3, -0.25) is 4.79 Å². The predicted octanol–water partition coefficient (Wildman–Crippen LogP) is 0.0666. The smallest absolute Gasteiger partial charge is 0.320 e. The highest BCUT2D eigenvalue weighted by Gasteiger charge is 2.41. The van der Waals surface area contributed by atoms with Crippen LogP contribution in [0, 0.1) is 0 Å². The molecular weight excluding hydrogens is 342 g/mol. The van der Waals surface area contributed by atoms with Crippen LogP contribution in [-0.4, -0.2) is 71.0 Å². The topological polar surface area (TPSA) is 133 Å². The molecule has 1 aromatic rings. The number of methoxy groups -OCH3 is 2. The number of aliphatic carboxylic acids is 1. The summed E-state index contributed by atoms with van der Waals surface area (Å²) >= 11 is 0. The van der Waals surface area contributed by atoms with Gasteiger partial charge in [-0.25, -0.2) is 14.9 Å². The molecule has 10 heteroatoms. The van der Waals surface area contributed by atoms with Crippen LogP contribution in [0.5, 0.6) is 11.5 Å². The number of aliphatic hydroxyl groups is 1. The van der Waals surface area contributed by atoms with Crippen molar-refractivity contribution < 1.29 is 24.5 Å². The third kappa shape index (κ3) is 4.03. The summed E-state index contributed by atoms with van der Waals surface area (Å²) in [7, 11) is 3.07. The van der Waals surface area contributed by atoms with Crippen molar-refractivity contribution in [1.29, 1.82) is 0 Å². The van der Waals surface area contributed by atoms with Crippen molar-refractivity contribution in [3.63, 3.8) is 0 Å². The molecule has 0 amide bonds. The van der Waals surface area contributed by atoms with Gasteiger partial charge in [0.1, 0.15) is 12.7 Å². The second kappa shape index (κ2) is 7.58. The summed E-state index contributed by atoms with van der Waals surface area (Å²) in [5.74, 6) is -1.73. The summed E-state index contributed by atoms with van der Waals surface area (Å²) in [6.07, 6.45) is 1.52. The van der Waals surface area contributed by atoms with Crippen LogP contribution >= 0.6 is 0 Å². The lowest BCUT2D eigenvalue weighted by Gasteiger charge is -2.42. The van der Waals surface area contributed by atoms with Crippen LogP contribution in [-0.2, 0) is 4.79 Å². The first-order valence-corrected chi connectivity index (χ1v) is 7.80. The van der Waals surface area contributed by atoms with Gasteiger partial charge in [0.2, 0.25) is 11.8 Å². The molecule has 1 aliphatic heterocycles. The maximum Gasteiger partial charge on any atom is 0.320 e. The molecule has 0 aliphatic carbocycles. The number of carboxylic acids is 1. The number of aliphatic imine (C=N–C) groups is 1. The second-order valence-corrected chi connectivity index (χ2v) is 5.82. The summed E-state index contributed by atoms with van der Waals surface area (Å²) in [6.45, 7) is 2.78. The Bertz CT molecular complexity index is 734. The van der Waals surface area contributed by atoms with Gasteiger partial charge in [0, 0.05) is 6.92 Å². The summed E-state index contributed by atoms with van der Waals surface area (Å²) in [5.41, 5.74) is 6.56. The van der Waals surface area contributed by atoms with E-state index in [1.54, 1.807) is 25.3 Å². The number of carboxylic acid groups (broad SMARTS) is 1. The first kappa shape index (κ1) is 19.5. The number of carbonyl (C=O) groups is 1. The number of nitrogens with zero attached hydrogens (tertiary/aromatic N) is 4. The molecule has 0 saturated heterocycles. The van der Waals surface area contributed by atoms with Crippen LogP contribution in [0.15, 0.2) is 28.3 Å². The van der Waals surface area contributed by atoms with Crippen molar-refractivity contribution in [2.24, 2.45) is 15.8 Å². The van der Waals surface area contributed by atoms with Gasteiger partial charge in [-0.15, -0.1) is 0 Å². The standard InChI is InChI=1S/C16H23N5O5/c1-10(14(22)23)20-9-21(15(17)19-16(20,2)24)18-8-11-5-6-12(25-3)13(7-11)26-4/h5-8,10,24H,9H2,1-4H3,(H2,17,19)(H,22,23)/b18-8+. The van der Waals surface area contributed by atoms with E-state index in [4.69, 9.17) is 15.2 Å². The molecule has 2 unspecified atom stereocenters. The van der Waals surface area contributed by atoms with E-state index in [-0.39, 0.29) is 12.6 Å². The van der Waals surface area contributed by atoms with Crippen LogP contribution < -0.4 is 15.2 Å². The van der Waals surface area contributed by atoms with Crippen LogP contribution in [0.3, 0.4) is 0 Å². The second-order valence-electron chi connectivity index (χ2n) is 5.82. The first-order valence-electron chi connectivity index (χ1n) is 7.80.